The Kier molecular flexibility index (Phi) is 11.2. The molecule has 1 heterocycles. The van der Waals surface area contributed by atoms with Crippen LogP contribution >= 0.6 is 0 Å². The van der Waals surface area contributed by atoms with Crippen molar-refractivity contribution in [1.82, 2.24) is 0 Å². The minimum Gasteiger partial charge on any atom is -0.414 e. The first-order valence-electron chi connectivity index (χ1n) is 11.0. The second-order valence-corrected chi connectivity index (χ2v) is 14.2. The van der Waals surface area contributed by atoms with Crippen LogP contribution in [0.15, 0.2) is 0 Å². The molecule has 3 heteroatoms. The highest BCUT2D eigenvalue weighted by Gasteiger charge is 2.38. The maximum atomic E-state index is 6.64. The lowest BCUT2D eigenvalue weighted by molar-refractivity contribution is 0.157. The van der Waals surface area contributed by atoms with E-state index in [1.807, 2.05) is 0 Å². The van der Waals surface area contributed by atoms with Gasteiger partial charge in [-0.25, -0.2) is 0 Å². The maximum absolute atomic E-state index is 6.64. The summed E-state index contributed by atoms with van der Waals surface area (Å²) < 4.78 is 11.9. The molecule has 0 radical (unpaired) electrons. The van der Waals surface area contributed by atoms with Crippen LogP contribution in [-0.4, -0.2) is 27.1 Å². The summed E-state index contributed by atoms with van der Waals surface area (Å²) in [7, 11) is -1.64. The lowest BCUT2D eigenvalue weighted by atomic mass is 10.1. The highest BCUT2D eigenvalue weighted by atomic mass is 28.4. The van der Waals surface area contributed by atoms with Crippen LogP contribution in [-0.2, 0) is 9.16 Å². The third-order valence-electron chi connectivity index (χ3n) is 5.81. The molecule has 0 aromatic carbocycles. The van der Waals surface area contributed by atoms with Crippen molar-refractivity contribution in [2.24, 2.45) is 0 Å². The lowest BCUT2D eigenvalue weighted by Gasteiger charge is -2.39. The van der Waals surface area contributed by atoms with Crippen molar-refractivity contribution in [3.8, 4) is 11.8 Å². The molecule has 0 aliphatic carbocycles. The van der Waals surface area contributed by atoms with Crippen molar-refractivity contribution < 1.29 is 9.16 Å². The molecule has 1 aliphatic heterocycles. The van der Waals surface area contributed by atoms with Gasteiger partial charge >= 0.3 is 0 Å². The SMILES string of the molecule is CCC[C@H](CCCCC#CCCCCCC1CO1)O[Si](C)(C)C(C)(C)C. The van der Waals surface area contributed by atoms with E-state index >= 15 is 0 Å². The van der Waals surface area contributed by atoms with Gasteiger partial charge in [0.05, 0.1) is 12.7 Å². The van der Waals surface area contributed by atoms with E-state index in [-0.39, 0.29) is 0 Å². The van der Waals surface area contributed by atoms with Gasteiger partial charge in [0.15, 0.2) is 8.32 Å². The normalized spacial score (nSPS) is 18.3. The number of hydrogen-bond acceptors (Lipinski definition) is 2. The summed E-state index contributed by atoms with van der Waals surface area (Å²) in [6, 6.07) is 0. The van der Waals surface area contributed by atoms with Gasteiger partial charge in [-0.1, -0.05) is 47.0 Å². The minimum absolute atomic E-state index is 0.302. The van der Waals surface area contributed by atoms with Gasteiger partial charge in [0.2, 0.25) is 0 Å². The van der Waals surface area contributed by atoms with Gasteiger partial charge in [-0.2, -0.15) is 0 Å². The average molecular weight is 381 g/mol. The van der Waals surface area contributed by atoms with Gasteiger partial charge in [0, 0.05) is 18.9 Å². The van der Waals surface area contributed by atoms with Crippen molar-refractivity contribution in [3.63, 3.8) is 0 Å². The molecule has 0 N–H and O–H groups in total. The molecule has 152 valence electrons. The molecule has 2 atom stereocenters. The van der Waals surface area contributed by atoms with Gasteiger partial charge in [-0.15, -0.1) is 11.8 Å². The number of ether oxygens (including phenoxy) is 1. The fraction of sp³-hybridized carbons (Fsp3) is 0.913. The first kappa shape index (κ1) is 23.7. The van der Waals surface area contributed by atoms with E-state index in [9.17, 15) is 0 Å². The van der Waals surface area contributed by atoms with E-state index in [0.717, 1.165) is 19.4 Å². The zero-order chi connectivity index (χ0) is 19.5. The van der Waals surface area contributed by atoms with Gasteiger partial charge < -0.3 is 9.16 Å². The quantitative estimate of drug-likeness (QED) is 0.147. The summed E-state index contributed by atoms with van der Waals surface area (Å²) >= 11 is 0. The zero-order valence-electron chi connectivity index (χ0n) is 18.5. The van der Waals surface area contributed by atoms with Crippen LogP contribution < -0.4 is 0 Å². The van der Waals surface area contributed by atoms with Crippen LogP contribution in [0.3, 0.4) is 0 Å². The standard InChI is InChI=1S/C23H44O2Si/c1-7-17-21(25-26(5,6)23(2,3)4)18-15-13-11-9-8-10-12-14-16-19-22-20-24-22/h21-22H,7,10-20H2,1-6H3/t21-,22?/m1/s1. The van der Waals surface area contributed by atoms with Crippen molar-refractivity contribution >= 4 is 8.32 Å². The molecule has 1 fully saturated rings. The minimum atomic E-state index is -1.64. The Bertz CT molecular complexity index is 424. The molecule has 0 spiro atoms. The van der Waals surface area contributed by atoms with Gasteiger partial charge in [0.25, 0.3) is 0 Å². The molecule has 0 aromatic heterocycles. The Hall–Kier alpha value is -0.303. The predicted molar refractivity (Wildman–Crippen MR) is 116 cm³/mol. The topological polar surface area (TPSA) is 21.8 Å². The Morgan fingerprint density at radius 3 is 2.15 bits per heavy atom. The number of rotatable bonds is 13. The fourth-order valence-electron chi connectivity index (χ4n) is 2.94. The molecule has 0 aromatic rings. The molecule has 1 rings (SSSR count). The summed E-state index contributed by atoms with van der Waals surface area (Å²) in [6.45, 7) is 15.0. The van der Waals surface area contributed by atoms with Gasteiger partial charge in [0.1, 0.15) is 0 Å². The molecule has 1 aliphatic rings. The second-order valence-electron chi connectivity index (χ2n) is 9.44. The molecule has 26 heavy (non-hydrogen) atoms. The van der Waals surface area contributed by atoms with Crippen LogP contribution in [0.4, 0.5) is 0 Å². The van der Waals surface area contributed by atoms with Crippen molar-refractivity contribution in [2.75, 3.05) is 6.61 Å². The van der Waals surface area contributed by atoms with Crippen LogP contribution in [0, 0.1) is 11.8 Å². The van der Waals surface area contributed by atoms with Crippen LogP contribution in [0.5, 0.6) is 0 Å². The summed E-state index contributed by atoms with van der Waals surface area (Å²) in [4.78, 5) is 0. The maximum Gasteiger partial charge on any atom is 0.192 e. The highest BCUT2D eigenvalue weighted by molar-refractivity contribution is 6.74. The Balaban J connectivity index is 2.10. The highest BCUT2D eigenvalue weighted by Crippen LogP contribution is 2.38. The van der Waals surface area contributed by atoms with Crippen molar-refractivity contribution in [3.05, 3.63) is 0 Å². The summed E-state index contributed by atoms with van der Waals surface area (Å²) in [5.74, 6) is 6.72. The van der Waals surface area contributed by atoms with Crippen LogP contribution in [0.2, 0.25) is 18.1 Å². The van der Waals surface area contributed by atoms with Gasteiger partial charge in [-0.05, 0) is 56.7 Å². The van der Waals surface area contributed by atoms with Crippen LogP contribution in [0.1, 0.15) is 98.3 Å². The number of unbranched alkanes of at least 4 members (excludes halogenated alkanes) is 5. The second kappa shape index (κ2) is 12.2. The summed E-state index contributed by atoms with van der Waals surface area (Å²) in [5.41, 5.74) is 0. The molecule has 1 saturated heterocycles. The predicted octanol–water partition coefficient (Wildman–Crippen LogP) is 7.09. The zero-order valence-corrected chi connectivity index (χ0v) is 19.5. The first-order chi connectivity index (χ1) is 12.3. The number of hydrogen-bond donors (Lipinski definition) is 0. The number of epoxide rings is 1. The largest absolute Gasteiger partial charge is 0.414 e. The smallest absolute Gasteiger partial charge is 0.192 e. The van der Waals surface area contributed by atoms with Crippen molar-refractivity contribution in [2.45, 2.75) is 129 Å². The Morgan fingerprint density at radius 1 is 1.00 bits per heavy atom. The summed E-state index contributed by atoms with van der Waals surface area (Å²) in [6.07, 6.45) is 14.3. The average Bonchev–Trinajstić information content (AvgIpc) is 3.35. The van der Waals surface area contributed by atoms with Crippen LogP contribution in [0.25, 0.3) is 0 Å². The molecule has 1 unspecified atom stereocenters. The third kappa shape index (κ3) is 10.8. The Labute approximate surface area is 164 Å². The van der Waals surface area contributed by atoms with E-state index < -0.39 is 8.32 Å². The molecule has 2 nitrogen and oxygen atoms in total. The lowest BCUT2D eigenvalue weighted by Crippen LogP contribution is -2.43. The molecule has 0 amide bonds. The van der Waals surface area contributed by atoms with Crippen molar-refractivity contribution in [1.29, 1.82) is 0 Å². The Morgan fingerprint density at radius 2 is 1.62 bits per heavy atom. The van der Waals surface area contributed by atoms with E-state index in [0.29, 0.717) is 17.2 Å². The monoisotopic (exact) mass is 380 g/mol. The fourth-order valence-corrected chi connectivity index (χ4v) is 4.36. The molecular weight excluding hydrogens is 336 g/mol. The first-order valence-corrected chi connectivity index (χ1v) is 13.9. The summed E-state index contributed by atoms with van der Waals surface area (Å²) in [5, 5.41) is 0.302. The molecule has 0 saturated carbocycles. The van der Waals surface area contributed by atoms with E-state index in [1.165, 1.54) is 57.8 Å². The third-order valence-corrected chi connectivity index (χ3v) is 10.3. The molecule has 0 bridgehead atoms. The molecular formula is C23H44O2Si. The van der Waals surface area contributed by atoms with E-state index in [2.05, 4.69) is 52.6 Å². The van der Waals surface area contributed by atoms with E-state index in [1.54, 1.807) is 0 Å². The van der Waals surface area contributed by atoms with E-state index in [4.69, 9.17) is 9.16 Å². The van der Waals surface area contributed by atoms with Gasteiger partial charge in [-0.3, -0.25) is 0 Å².